The molecule has 5 heteroatoms. The van der Waals surface area contributed by atoms with Crippen LogP contribution in [-0.4, -0.2) is 18.7 Å². The largest absolute Gasteiger partial charge is 0.398 e. The summed E-state index contributed by atoms with van der Waals surface area (Å²) in [4.78, 5) is 15.3. The van der Waals surface area contributed by atoms with Crippen LogP contribution < -0.4 is 5.73 Å². The van der Waals surface area contributed by atoms with Crippen molar-refractivity contribution in [2.24, 2.45) is 5.16 Å². The molecule has 0 unspecified atom stereocenters. The minimum Gasteiger partial charge on any atom is -0.398 e. The van der Waals surface area contributed by atoms with Crippen LogP contribution in [0.4, 0.5) is 0 Å². The van der Waals surface area contributed by atoms with E-state index in [0.717, 1.165) is 0 Å². The second-order valence-corrected chi connectivity index (χ2v) is 2.89. The Labute approximate surface area is 86.3 Å². The maximum atomic E-state index is 10.8. The summed E-state index contributed by atoms with van der Waals surface area (Å²) in [6.45, 7) is 0. The van der Waals surface area contributed by atoms with Gasteiger partial charge in [0.15, 0.2) is 5.71 Å². The number of hydrogen-bond donors (Lipinski definition) is 0. The van der Waals surface area contributed by atoms with Crippen molar-refractivity contribution in [3.63, 3.8) is 0 Å². The molecule has 0 aliphatic carbocycles. The highest BCUT2D eigenvalue weighted by atomic mass is 35.5. The summed E-state index contributed by atoms with van der Waals surface area (Å²) in [5.74, 6) is -0.894. The highest BCUT2D eigenvalue weighted by Crippen LogP contribution is 2.10. The Hall–Kier alpha value is -1.55. The van der Waals surface area contributed by atoms with Gasteiger partial charge in [0.25, 0.3) is 5.91 Å². The van der Waals surface area contributed by atoms with Crippen molar-refractivity contribution in [2.45, 2.75) is 0 Å². The maximum Gasteiger partial charge on any atom is 0.292 e. The molecule has 1 radical (unpaired) electrons. The molecule has 0 aliphatic rings. The standard InChI is InChI=1S/C9H8ClN2O2/c1-14-12-8(9(11)13)6-2-4-7(10)5-3-6/h2-5,11H,1H3/b12-8+. The third-order valence-electron chi connectivity index (χ3n) is 1.52. The number of rotatable bonds is 3. The van der Waals surface area contributed by atoms with E-state index in [9.17, 15) is 4.79 Å². The summed E-state index contributed by atoms with van der Waals surface area (Å²) >= 11 is 5.67. The Morgan fingerprint density at radius 1 is 1.43 bits per heavy atom. The first-order valence-electron chi connectivity index (χ1n) is 3.78. The van der Waals surface area contributed by atoms with E-state index in [-0.39, 0.29) is 5.71 Å². The van der Waals surface area contributed by atoms with E-state index in [4.69, 9.17) is 17.3 Å². The van der Waals surface area contributed by atoms with Gasteiger partial charge in [-0.3, -0.25) is 10.5 Å². The number of nitrogens with zero attached hydrogens (tertiary/aromatic N) is 1. The summed E-state index contributed by atoms with van der Waals surface area (Å²) in [7, 11) is 1.32. The second-order valence-electron chi connectivity index (χ2n) is 2.46. The molecule has 14 heavy (non-hydrogen) atoms. The Bertz CT molecular complexity index is 360. The quantitative estimate of drug-likeness (QED) is 0.562. The Kier molecular flexibility index (Phi) is 3.48. The van der Waals surface area contributed by atoms with Crippen LogP contribution in [0.5, 0.6) is 0 Å². The topological polar surface area (TPSA) is 62.5 Å². The number of nitrogens with one attached hydrogen (secondary N) is 1. The molecule has 73 valence electrons. The van der Waals surface area contributed by atoms with Crippen LogP contribution in [0.3, 0.4) is 0 Å². The van der Waals surface area contributed by atoms with Gasteiger partial charge in [-0.25, -0.2) is 0 Å². The van der Waals surface area contributed by atoms with Crippen LogP contribution in [0.1, 0.15) is 5.56 Å². The zero-order chi connectivity index (χ0) is 10.6. The van der Waals surface area contributed by atoms with Crippen LogP contribution in [0.25, 0.3) is 0 Å². The van der Waals surface area contributed by atoms with Crippen molar-refractivity contribution in [3.8, 4) is 0 Å². The van der Waals surface area contributed by atoms with E-state index in [0.29, 0.717) is 10.6 Å². The number of oxime groups is 1. The molecular formula is C9H8ClN2O2. The SMILES string of the molecule is CO/N=C(/C([NH])=O)c1ccc(Cl)cc1. The molecule has 0 bridgehead atoms. The van der Waals surface area contributed by atoms with E-state index < -0.39 is 5.91 Å². The van der Waals surface area contributed by atoms with Crippen LogP contribution in [0, 0.1) is 0 Å². The van der Waals surface area contributed by atoms with Gasteiger partial charge in [-0.15, -0.1) is 0 Å². The molecule has 0 aromatic heterocycles. The fourth-order valence-corrected chi connectivity index (χ4v) is 1.05. The molecule has 0 heterocycles. The number of carbonyl (C=O) groups excluding carboxylic acids is 1. The van der Waals surface area contributed by atoms with Crippen molar-refractivity contribution < 1.29 is 9.63 Å². The van der Waals surface area contributed by atoms with E-state index in [1.807, 2.05) is 0 Å². The van der Waals surface area contributed by atoms with Gasteiger partial charge in [0.1, 0.15) is 7.11 Å². The Morgan fingerprint density at radius 2 is 2.00 bits per heavy atom. The summed E-state index contributed by atoms with van der Waals surface area (Å²) < 4.78 is 0. The first-order chi connectivity index (χ1) is 6.65. The third kappa shape index (κ3) is 2.47. The van der Waals surface area contributed by atoms with Gasteiger partial charge in [-0.2, -0.15) is 0 Å². The number of benzene rings is 1. The van der Waals surface area contributed by atoms with Gasteiger partial charge in [0.05, 0.1) is 0 Å². The van der Waals surface area contributed by atoms with Gasteiger partial charge in [0.2, 0.25) is 0 Å². The molecule has 1 amide bonds. The smallest absolute Gasteiger partial charge is 0.292 e. The molecule has 0 saturated heterocycles. The van der Waals surface area contributed by atoms with Crippen molar-refractivity contribution in [3.05, 3.63) is 34.9 Å². The molecule has 0 fully saturated rings. The minimum atomic E-state index is -0.894. The lowest BCUT2D eigenvalue weighted by molar-refractivity contribution is -0.112. The highest BCUT2D eigenvalue weighted by Gasteiger charge is 2.11. The molecule has 1 N–H and O–H groups in total. The zero-order valence-corrected chi connectivity index (χ0v) is 8.21. The molecule has 1 rings (SSSR count). The van der Waals surface area contributed by atoms with Gasteiger partial charge in [-0.05, 0) is 12.1 Å². The highest BCUT2D eigenvalue weighted by molar-refractivity contribution is 6.44. The van der Waals surface area contributed by atoms with E-state index in [1.54, 1.807) is 24.3 Å². The Balaban J connectivity index is 3.06. The lowest BCUT2D eigenvalue weighted by atomic mass is 10.1. The van der Waals surface area contributed by atoms with Crippen LogP contribution in [0.2, 0.25) is 5.02 Å². The second kappa shape index (κ2) is 4.62. The average molecular weight is 212 g/mol. The Morgan fingerprint density at radius 3 is 2.43 bits per heavy atom. The van der Waals surface area contributed by atoms with E-state index in [2.05, 4.69) is 9.99 Å². The van der Waals surface area contributed by atoms with Gasteiger partial charge in [0, 0.05) is 10.6 Å². The van der Waals surface area contributed by atoms with Gasteiger partial charge >= 0.3 is 0 Å². The maximum absolute atomic E-state index is 10.8. The van der Waals surface area contributed by atoms with Crippen molar-refractivity contribution in [2.75, 3.05) is 7.11 Å². The van der Waals surface area contributed by atoms with Crippen LogP contribution in [0.15, 0.2) is 29.4 Å². The number of hydrogen-bond acceptors (Lipinski definition) is 3. The van der Waals surface area contributed by atoms with Crippen molar-refractivity contribution >= 4 is 23.2 Å². The predicted octanol–water partition coefficient (Wildman–Crippen LogP) is 1.50. The van der Waals surface area contributed by atoms with E-state index in [1.165, 1.54) is 7.11 Å². The molecule has 0 spiro atoms. The normalized spacial score (nSPS) is 11.1. The monoisotopic (exact) mass is 211 g/mol. The third-order valence-corrected chi connectivity index (χ3v) is 1.77. The average Bonchev–Trinajstić information content (AvgIpc) is 2.15. The van der Waals surface area contributed by atoms with Crippen molar-refractivity contribution in [1.82, 2.24) is 5.73 Å². The molecule has 4 nitrogen and oxygen atoms in total. The fraction of sp³-hybridized carbons (Fsp3) is 0.111. The zero-order valence-electron chi connectivity index (χ0n) is 7.45. The molecule has 0 aliphatic heterocycles. The lowest BCUT2D eigenvalue weighted by Gasteiger charge is -2.00. The first kappa shape index (κ1) is 10.5. The first-order valence-corrected chi connectivity index (χ1v) is 4.16. The lowest BCUT2D eigenvalue weighted by Crippen LogP contribution is -2.16. The van der Waals surface area contributed by atoms with Gasteiger partial charge < -0.3 is 4.84 Å². The molecule has 0 saturated carbocycles. The summed E-state index contributed by atoms with van der Waals surface area (Å²) in [6, 6.07) is 6.44. The van der Waals surface area contributed by atoms with Crippen molar-refractivity contribution in [1.29, 1.82) is 0 Å². The number of carbonyl (C=O) groups is 1. The molecule has 1 aromatic rings. The molecular weight excluding hydrogens is 204 g/mol. The van der Waals surface area contributed by atoms with E-state index >= 15 is 0 Å². The summed E-state index contributed by atoms with van der Waals surface area (Å²) in [5.41, 5.74) is 7.42. The summed E-state index contributed by atoms with van der Waals surface area (Å²) in [5, 5.41) is 4.02. The number of halogens is 1. The van der Waals surface area contributed by atoms with Crippen LogP contribution >= 0.6 is 11.6 Å². The molecule has 0 atom stereocenters. The fourth-order valence-electron chi connectivity index (χ4n) is 0.924. The van der Waals surface area contributed by atoms with Crippen LogP contribution in [-0.2, 0) is 9.63 Å². The summed E-state index contributed by atoms with van der Waals surface area (Å²) in [6.07, 6.45) is 0. The predicted molar refractivity (Wildman–Crippen MR) is 53.1 cm³/mol. The number of amides is 1. The molecule has 1 aromatic carbocycles. The minimum absolute atomic E-state index is 0.0378. The van der Waals surface area contributed by atoms with Gasteiger partial charge in [-0.1, -0.05) is 28.9 Å².